The zero-order valence-electron chi connectivity index (χ0n) is 9.20. The van der Waals surface area contributed by atoms with Gasteiger partial charge in [0.25, 0.3) is 5.91 Å². The molecule has 88 valence electrons. The summed E-state index contributed by atoms with van der Waals surface area (Å²) in [5.74, 6) is 0.511. The number of nitrogens with zero attached hydrogens (tertiary/aromatic N) is 1. The Balaban J connectivity index is 2.00. The third kappa shape index (κ3) is 2.23. The molecule has 1 atom stereocenters. The largest absolute Gasteiger partial charge is 0.452 e. The van der Waals surface area contributed by atoms with Crippen LogP contribution in [0.25, 0.3) is 0 Å². The fourth-order valence-electron chi connectivity index (χ4n) is 2.09. The summed E-state index contributed by atoms with van der Waals surface area (Å²) in [7, 11) is 1.93. The van der Waals surface area contributed by atoms with Crippen molar-refractivity contribution in [3.05, 3.63) is 23.1 Å². The fourth-order valence-corrected chi connectivity index (χ4v) is 2.28. The molecule has 0 radical (unpaired) electrons. The van der Waals surface area contributed by atoms with Gasteiger partial charge in [0.05, 0.1) is 11.8 Å². The summed E-state index contributed by atoms with van der Waals surface area (Å²) in [6.07, 6.45) is 2.48. The summed E-state index contributed by atoms with van der Waals surface area (Å²) in [6.45, 7) is 2.54. The highest BCUT2D eigenvalue weighted by Gasteiger charge is 2.28. The summed E-state index contributed by atoms with van der Waals surface area (Å²) in [6, 6.07) is 1.62. The van der Waals surface area contributed by atoms with Crippen LogP contribution < -0.4 is 5.32 Å². The first-order chi connectivity index (χ1) is 7.72. The van der Waals surface area contributed by atoms with Crippen LogP contribution in [0.15, 0.2) is 16.7 Å². The Morgan fingerprint density at radius 2 is 2.56 bits per heavy atom. The Morgan fingerprint density at radius 1 is 1.75 bits per heavy atom. The average molecular weight is 243 g/mol. The molecule has 0 aliphatic carbocycles. The number of halogens is 1. The molecule has 1 amide bonds. The number of hydrogen-bond acceptors (Lipinski definition) is 3. The van der Waals surface area contributed by atoms with E-state index >= 15 is 0 Å². The predicted octanol–water partition coefficient (Wildman–Crippen LogP) is 1.61. The molecule has 2 heterocycles. The lowest BCUT2D eigenvalue weighted by Crippen LogP contribution is -2.30. The van der Waals surface area contributed by atoms with E-state index in [0.29, 0.717) is 11.5 Å². The van der Waals surface area contributed by atoms with E-state index in [-0.39, 0.29) is 11.1 Å². The second kappa shape index (κ2) is 4.89. The molecule has 0 spiro atoms. The standard InChI is InChI=1S/C11H15ClN2O2/c1-13-6-8-2-4-14(7-8)11(15)9-3-5-16-10(9)12/h3,5,8,13H,2,4,6-7H2,1H3. The van der Waals surface area contributed by atoms with Crippen LogP contribution in [-0.4, -0.2) is 37.5 Å². The second-order valence-electron chi connectivity index (χ2n) is 4.07. The average Bonchev–Trinajstić information content (AvgIpc) is 2.87. The molecule has 1 aliphatic heterocycles. The van der Waals surface area contributed by atoms with Gasteiger partial charge in [-0.2, -0.15) is 0 Å². The van der Waals surface area contributed by atoms with Gasteiger partial charge in [-0.3, -0.25) is 4.79 Å². The molecule has 2 rings (SSSR count). The number of amides is 1. The molecule has 1 saturated heterocycles. The Kier molecular flexibility index (Phi) is 3.51. The maximum atomic E-state index is 12.0. The van der Waals surface area contributed by atoms with Gasteiger partial charge < -0.3 is 14.6 Å². The van der Waals surface area contributed by atoms with E-state index in [1.54, 1.807) is 6.07 Å². The maximum Gasteiger partial charge on any atom is 0.258 e. The molecule has 1 aromatic heterocycles. The molecule has 1 aromatic rings. The highest BCUT2D eigenvalue weighted by atomic mass is 35.5. The van der Waals surface area contributed by atoms with Crippen LogP contribution in [0.3, 0.4) is 0 Å². The molecule has 16 heavy (non-hydrogen) atoms. The number of likely N-dealkylation sites (tertiary alicyclic amines) is 1. The highest BCUT2D eigenvalue weighted by molar-refractivity contribution is 6.32. The molecule has 0 aromatic carbocycles. The van der Waals surface area contributed by atoms with Gasteiger partial charge in [0, 0.05) is 13.1 Å². The minimum absolute atomic E-state index is 0.0302. The maximum absolute atomic E-state index is 12.0. The van der Waals surface area contributed by atoms with Crippen LogP contribution >= 0.6 is 11.6 Å². The van der Waals surface area contributed by atoms with Crippen molar-refractivity contribution in [3.63, 3.8) is 0 Å². The molecule has 5 heteroatoms. The van der Waals surface area contributed by atoms with Gasteiger partial charge >= 0.3 is 0 Å². The Bertz CT molecular complexity index is 378. The molecule has 1 N–H and O–H groups in total. The number of carbonyl (C=O) groups excluding carboxylic acids is 1. The molecular formula is C11H15ClN2O2. The number of carbonyl (C=O) groups is 1. The van der Waals surface area contributed by atoms with Crippen molar-refractivity contribution < 1.29 is 9.21 Å². The number of furan rings is 1. The molecule has 4 nitrogen and oxygen atoms in total. The van der Waals surface area contributed by atoms with Crippen LogP contribution in [0.1, 0.15) is 16.8 Å². The highest BCUT2D eigenvalue weighted by Crippen LogP contribution is 2.22. The van der Waals surface area contributed by atoms with Crippen molar-refractivity contribution in [3.8, 4) is 0 Å². The zero-order chi connectivity index (χ0) is 11.5. The normalized spacial score (nSPS) is 20.4. The fraction of sp³-hybridized carbons (Fsp3) is 0.545. The van der Waals surface area contributed by atoms with Crippen molar-refractivity contribution in [1.82, 2.24) is 10.2 Å². The second-order valence-corrected chi connectivity index (χ2v) is 4.41. The van der Waals surface area contributed by atoms with Crippen LogP contribution in [0.5, 0.6) is 0 Å². The SMILES string of the molecule is CNCC1CCN(C(=O)c2ccoc2Cl)C1. The predicted molar refractivity (Wildman–Crippen MR) is 61.7 cm³/mol. The summed E-state index contributed by atoms with van der Waals surface area (Å²) in [5, 5.41) is 3.32. The molecule has 0 bridgehead atoms. The minimum atomic E-state index is -0.0302. The van der Waals surface area contributed by atoms with Crippen LogP contribution in [-0.2, 0) is 0 Å². The number of hydrogen-bond donors (Lipinski definition) is 1. The minimum Gasteiger partial charge on any atom is -0.452 e. The quantitative estimate of drug-likeness (QED) is 0.876. The van der Waals surface area contributed by atoms with Gasteiger partial charge in [0.2, 0.25) is 5.22 Å². The Morgan fingerprint density at radius 3 is 3.19 bits per heavy atom. The first-order valence-electron chi connectivity index (χ1n) is 5.39. The van der Waals surface area contributed by atoms with Crippen molar-refractivity contribution in [1.29, 1.82) is 0 Å². The first-order valence-corrected chi connectivity index (χ1v) is 5.77. The van der Waals surface area contributed by atoms with Gasteiger partial charge in [-0.25, -0.2) is 0 Å². The van der Waals surface area contributed by atoms with Crippen LogP contribution in [0.2, 0.25) is 5.22 Å². The smallest absolute Gasteiger partial charge is 0.258 e. The lowest BCUT2D eigenvalue weighted by molar-refractivity contribution is 0.0786. The van der Waals surface area contributed by atoms with E-state index in [9.17, 15) is 4.79 Å². The van der Waals surface area contributed by atoms with E-state index in [1.165, 1.54) is 6.26 Å². The van der Waals surface area contributed by atoms with E-state index in [1.807, 2.05) is 11.9 Å². The summed E-state index contributed by atoms with van der Waals surface area (Å²) in [5.41, 5.74) is 0.465. The summed E-state index contributed by atoms with van der Waals surface area (Å²) >= 11 is 5.78. The van der Waals surface area contributed by atoms with Crippen molar-refractivity contribution in [2.24, 2.45) is 5.92 Å². The lowest BCUT2D eigenvalue weighted by Gasteiger charge is -2.15. The van der Waals surface area contributed by atoms with Crippen LogP contribution in [0, 0.1) is 5.92 Å². The zero-order valence-corrected chi connectivity index (χ0v) is 9.96. The first kappa shape index (κ1) is 11.5. The Labute approximate surface area is 99.5 Å². The molecule has 1 fully saturated rings. The van der Waals surface area contributed by atoms with E-state index in [0.717, 1.165) is 26.1 Å². The number of rotatable bonds is 3. The van der Waals surface area contributed by atoms with E-state index < -0.39 is 0 Å². The lowest BCUT2D eigenvalue weighted by atomic mass is 10.1. The van der Waals surface area contributed by atoms with Gasteiger partial charge in [0.15, 0.2) is 0 Å². The molecule has 1 aliphatic rings. The topological polar surface area (TPSA) is 45.5 Å². The molecular weight excluding hydrogens is 228 g/mol. The third-order valence-electron chi connectivity index (χ3n) is 2.91. The van der Waals surface area contributed by atoms with Crippen molar-refractivity contribution >= 4 is 17.5 Å². The monoisotopic (exact) mass is 242 g/mol. The van der Waals surface area contributed by atoms with Crippen molar-refractivity contribution in [2.75, 3.05) is 26.7 Å². The molecule has 0 saturated carbocycles. The number of nitrogens with one attached hydrogen (secondary N) is 1. The van der Waals surface area contributed by atoms with Gasteiger partial charge in [-0.05, 0) is 43.6 Å². The Hall–Kier alpha value is -1.00. The summed E-state index contributed by atoms with van der Waals surface area (Å²) in [4.78, 5) is 13.9. The third-order valence-corrected chi connectivity index (χ3v) is 3.21. The van der Waals surface area contributed by atoms with Crippen LogP contribution in [0.4, 0.5) is 0 Å². The van der Waals surface area contributed by atoms with Gasteiger partial charge in [-0.15, -0.1) is 0 Å². The van der Waals surface area contributed by atoms with Gasteiger partial charge in [-0.1, -0.05) is 0 Å². The van der Waals surface area contributed by atoms with E-state index in [4.69, 9.17) is 16.0 Å². The van der Waals surface area contributed by atoms with E-state index in [2.05, 4.69) is 5.32 Å². The van der Waals surface area contributed by atoms with Crippen molar-refractivity contribution in [2.45, 2.75) is 6.42 Å². The molecule has 1 unspecified atom stereocenters. The van der Waals surface area contributed by atoms with Gasteiger partial charge in [0.1, 0.15) is 0 Å². The summed E-state index contributed by atoms with van der Waals surface area (Å²) < 4.78 is 4.93.